The van der Waals surface area contributed by atoms with Gasteiger partial charge in [0.2, 0.25) is 17.7 Å². The molecular weight excluding hydrogens is 396 g/mol. The molecule has 2 rings (SSSR count). The minimum atomic E-state index is -1.78. The lowest BCUT2D eigenvalue weighted by atomic mass is 10.1. The number of hydrogen-bond acceptors (Lipinski definition) is 7. The molecule has 1 atom stereocenters. The topological polar surface area (TPSA) is 159 Å². The fourth-order valence-electron chi connectivity index (χ4n) is 2.43. The Hall–Kier alpha value is -3.89. The standard InChI is InChI=1S/C19H22N4O7/c1-4-29-18(27)14(15(24)20-7-8-30-17(26)10(2)3)16(25)21-11-5-6-12-13(9-11)23-19(28)22-12/h5-6,9,14H,2,4,7-8H2,1,3H3,(H,20,24)(H,21,25)(H2,22,23,28). The molecule has 1 heterocycles. The van der Waals surface area contributed by atoms with Gasteiger partial charge in [0.05, 0.1) is 24.2 Å². The van der Waals surface area contributed by atoms with Crippen LogP contribution in [0, 0.1) is 5.92 Å². The van der Waals surface area contributed by atoms with Crippen molar-refractivity contribution in [3.05, 3.63) is 40.8 Å². The van der Waals surface area contributed by atoms with Crippen LogP contribution in [0.2, 0.25) is 0 Å². The molecule has 2 amide bonds. The Morgan fingerprint density at radius 1 is 1.10 bits per heavy atom. The third-order valence-electron chi connectivity index (χ3n) is 3.81. The van der Waals surface area contributed by atoms with Crippen LogP contribution in [0.1, 0.15) is 13.8 Å². The summed E-state index contributed by atoms with van der Waals surface area (Å²) in [4.78, 5) is 64.9. The van der Waals surface area contributed by atoms with Gasteiger partial charge >= 0.3 is 17.6 Å². The number of carbonyl (C=O) groups is 4. The van der Waals surface area contributed by atoms with Gasteiger partial charge in [-0.15, -0.1) is 0 Å². The molecule has 1 aromatic heterocycles. The van der Waals surface area contributed by atoms with Gasteiger partial charge in [0, 0.05) is 11.3 Å². The van der Waals surface area contributed by atoms with Gasteiger partial charge in [-0.1, -0.05) is 6.58 Å². The van der Waals surface area contributed by atoms with Gasteiger partial charge in [-0.3, -0.25) is 14.4 Å². The van der Waals surface area contributed by atoms with Gasteiger partial charge in [0.1, 0.15) is 6.61 Å². The summed E-state index contributed by atoms with van der Waals surface area (Å²) in [5, 5.41) is 4.81. The first-order chi connectivity index (χ1) is 14.2. The zero-order chi connectivity index (χ0) is 22.3. The van der Waals surface area contributed by atoms with E-state index in [4.69, 9.17) is 9.47 Å². The Bertz CT molecular complexity index is 1040. The van der Waals surface area contributed by atoms with Crippen molar-refractivity contribution in [3.63, 3.8) is 0 Å². The molecule has 1 aromatic carbocycles. The van der Waals surface area contributed by atoms with Gasteiger partial charge < -0.3 is 30.1 Å². The fourth-order valence-corrected chi connectivity index (χ4v) is 2.43. The van der Waals surface area contributed by atoms with E-state index >= 15 is 0 Å². The summed E-state index contributed by atoms with van der Waals surface area (Å²) in [6.07, 6.45) is 0. The third kappa shape index (κ3) is 5.80. The van der Waals surface area contributed by atoms with Gasteiger partial charge in [-0.05, 0) is 32.0 Å². The Morgan fingerprint density at radius 2 is 1.80 bits per heavy atom. The number of aromatic amines is 2. The Kier molecular flexibility index (Phi) is 7.50. The number of imidazole rings is 1. The monoisotopic (exact) mass is 418 g/mol. The minimum Gasteiger partial charge on any atom is -0.465 e. The van der Waals surface area contributed by atoms with Crippen LogP contribution in [0.25, 0.3) is 11.0 Å². The van der Waals surface area contributed by atoms with E-state index in [9.17, 15) is 24.0 Å². The first kappa shape index (κ1) is 22.4. The van der Waals surface area contributed by atoms with Crippen molar-refractivity contribution in [2.24, 2.45) is 5.92 Å². The fraction of sp³-hybridized carbons (Fsp3) is 0.316. The van der Waals surface area contributed by atoms with Gasteiger partial charge in [0.15, 0.2) is 0 Å². The SMILES string of the molecule is C=C(C)C(=O)OCCNC(=O)C(C(=O)Nc1ccc2[nH]c(=O)[nH]c2c1)C(=O)OCC. The van der Waals surface area contributed by atoms with Gasteiger partial charge in [-0.2, -0.15) is 0 Å². The Morgan fingerprint density at radius 3 is 2.47 bits per heavy atom. The number of esters is 2. The summed E-state index contributed by atoms with van der Waals surface area (Å²) in [6.45, 7) is 6.14. The van der Waals surface area contributed by atoms with Crippen LogP contribution in [-0.2, 0) is 28.7 Å². The average molecular weight is 418 g/mol. The number of ether oxygens (including phenoxy) is 2. The van der Waals surface area contributed by atoms with E-state index in [-0.39, 0.29) is 31.0 Å². The van der Waals surface area contributed by atoms with Gasteiger partial charge in [0.25, 0.3) is 0 Å². The molecule has 0 spiro atoms. The van der Waals surface area contributed by atoms with E-state index in [2.05, 4.69) is 27.2 Å². The summed E-state index contributed by atoms with van der Waals surface area (Å²) in [6, 6.07) is 4.53. The molecule has 160 valence electrons. The van der Waals surface area contributed by atoms with Crippen LogP contribution in [0.5, 0.6) is 0 Å². The molecule has 2 aromatic rings. The van der Waals surface area contributed by atoms with Crippen molar-refractivity contribution in [2.75, 3.05) is 25.1 Å². The predicted octanol–water partition coefficient (Wildman–Crippen LogP) is 0.210. The predicted molar refractivity (Wildman–Crippen MR) is 106 cm³/mol. The molecule has 0 aliphatic carbocycles. The van der Waals surface area contributed by atoms with E-state index in [1.807, 2.05) is 0 Å². The maximum absolute atomic E-state index is 12.6. The zero-order valence-electron chi connectivity index (χ0n) is 16.5. The minimum absolute atomic E-state index is 0.0251. The van der Waals surface area contributed by atoms with Crippen LogP contribution in [0.15, 0.2) is 35.1 Å². The second-order valence-electron chi connectivity index (χ2n) is 6.22. The molecular formula is C19H22N4O7. The quantitative estimate of drug-likeness (QED) is 0.196. The highest BCUT2D eigenvalue weighted by molar-refractivity contribution is 6.19. The molecule has 0 bridgehead atoms. The second-order valence-corrected chi connectivity index (χ2v) is 6.22. The zero-order valence-corrected chi connectivity index (χ0v) is 16.5. The Balaban J connectivity index is 2.06. The summed E-state index contributed by atoms with van der Waals surface area (Å²) < 4.78 is 9.66. The normalized spacial score (nSPS) is 11.4. The van der Waals surface area contributed by atoms with Crippen LogP contribution in [0.4, 0.5) is 5.69 Å². The smallest absolute Gasteiger partial charge is 0.333 e. The number of anilines is 1. The van der Waals surface area contributed by atoms with Crippen LogP contribution in [-0.4, -0.2) is 53.5 Å². The van der Waals surface area contributed by atoms with E-state index in [1.165, 1.54) is 26.0 Å². The van der Waals surface area contributed by atoms with Crippen LogP contribution >= 0.6 is 0 Å². The molecule has 0 saturated heterocycles. The van der Waals surface area contributed by atoms with Crippen molar-refractivity contribution >= 4 is 40.5 Å². The summed E-state index contributed by atoms with van der Waals surface area (Å²) in [5.41, 5.74) is 1.02. The van der Waals surface area contributed by atoms with Crippen molar-refractivity contribution in [1.82, 2.24) is 15.3 Å². The van der Waals surface area contributed by atoms with Crippen LogP contribution in [0.3, 0.4) is 0 Å². The molecule has 0 aliphatic rings. The molecule has 11 nitrogen and oxygen atoms in total. The van der Waals surface area contributed by atoms with Crippen LogP contribution < -0.4 is 16.3 Å². The number of fused-ring (bicyclic) bond motifs is 1. The maximum Gasteiger partial charge on any atom is 0.333 e. The number of benzene rings is 1. The number of carbonyl (C=O) groups excluding carboxylic acids is 4. The lowest BCUT2D eigenvalue weighted by Crippen LogP contribution is -2.44. The average Bonchev–Trinajstić information content (AvgIpc) is 3.04. The molecule has 0 saturated carbocycles. The largest absolute Gasteiger partial charge is 0.465 e. The highest BCUT2D eigenvalue weighted by Crippen LogP contribution is 2.16. The number of H-pyrrole nitrogens is 2. The maximum atomic E-state index is 12.6. The first-order valence-electron chi connectivity index (χ1n) is 9.02. The van der Waals surface area contributed by atoms with Crippen molar-refractivity contribution < 1.29 is 28.7 Å². The van der Waals surface area contributed by atoms with E-state index < -0.39 is 35.4 Å². The first-order valence-corrected chi connectivity index (χ1v) is 9.02. The highest BCUT2D eigenvalue weighted by Gasteiger charge is 2.35. The molecule has 0 fully saturated rings. The van der Waals surface area contributed by atoms with Crippen molar-refractivity contribution in [1.29, 1.82) is 0 Å². The van der Waals surface area contributed by atoms with Crippen molar-refractivity contribution in [2.45, 2.75) is 13.8 Å². The molecule has 30 heavy (non-hydrogen) atoms. The highest BCUT2D eigenvalue weighted by atomic mass is 16.5. The number of rotatable bonds is 9. The lowest BCUT2D eigenvalue weighted by molar-refractivity contribution is -0.155. The van der Waals surface area contributed by atoms with E-state index in [0.717, 1.165) is 0 Å². The molecule has 0 radical (unpaired) electrons. The second kappa shape index (κ2) is 10.0. The number of aromatic nitrogens is 2. The molecule has 11 heteroatoms. The Labute approximate surface area is 170 Å². The summed E-state index contributed by atoms with van der Waals surface area (Å²) in [7, 11) is 0. The van der Waals surface area contributed by atoms with Crippen molar-refractivity contribution in [3.8, 4) is 0 Å². The number of hydrogen-bond donors (Lipinski definition) is 4. The molecule has 4 N–H and O–H groups in total. The van der Waals surface area contributed by atoms with E-state index in [0.29, 0.717) is 11.0 Å². The van der Waals surface area contributed by atoms with E-state index in [1.54, 1.807) is 6.07 Å². The molecule has 0 aliphatic heterocycles. The number of nitrogens with one attached hydrogen (secondary N) is 4. The summed E-state index contributed by atoms with van der Waals surface area (Å²) in [5.74, 6) is -5.25. The molecule has 1 unspecified atom stereocenters. The third-order valence-corrected chi connectivity index (χ3v) is 3.81. The lowest BCUT2D eigenvalue weighted by Gasteiger charge is -2.16. The number of amides is 2. The van der Waals surface area contributed by atoms with Gasteiger partial charge in [-0.25, -0.2) is 9.59 Å². The summed E-state index contributed by atoms with van der Waals surface area (Å²) >= 11 is 0.